The summed E-state index contributed by atoms with van der Waals surface area (Å²) < 4.78 is 19.0. The van der Waals surface area contributed by atoms with E-state index in [1.807, 2.05) is 0 Å². The molecule has 1 aromatic rings. The fourth-order valence-electron chi connectivity index (χ4n) is 1.87. The van der Waals surface area contributed by atoms with E-state index in [2.05, 4.69) is 15.3 Å². The van der Waals surface area contributed by atoms with Crippen molar-refractivity contribution in [3.8, 4) is 0 Å². The van der Waals surface area contributed by atoms with Gasteiger partial charge in [0.1, 0.15) is 12.2 Å². The summed E-state index contributed by atoms with van der Waals surface area (Å²) in [5.41, 5.74) is 0.304. The summed E-state index contributed by atoms with van der Waals surface area (Å²) >= 11 is 0. The van der Waals surface area contributed by atoms with Crippen molar-refractivity contribution >= 4 is 11.8 Å². The zero-order chi connectivity index (χ0) is 13.1. The highest BCUT2D eigenvalue weighted by molar-refractivity contribution is 5.72. The first kappa shape index (κ1) is 12.7. The van der Waals surface area contributed by atoms with Crippen LogP contribution in [0.4, 0.5) is 10.2 Å². The minimum atomic E-state index is -0.963. The number of aryl methyl sites for hydroxylation is 1. The molecule has 0 spiro atoms. The van der Waals surface area contributed by atoms with Crippen molar-refractivity contribution < 1.29 is 19.0 Å². The van der Waals surface area contributed by atoms with Gasteiger partial charge in [-0.3, -0.25) is 4.79 Å². The van der Waals surface area contributed by atoms with E-state index in [0.717, 1.165) is 0 Å². The summed E-state index contributed by atoms with van der Waals surface area (Å²) in [5.74, 6) is -2.15. The van der Waals surface area contributed by atoms with Crippen LogP contribution in [-0.2, 0) is 16.0 Å². The van der Waals surface area contributed by atoms with Gasteiger partial charge in [0.25, 0.3) is 0 Å². The predicted octanol–water partition coefficient (Wildman–Crippen LogP) is 0.690. The summed E-state index contributed by atoms with van der Waals surface area (Å²) in [7, 11) is 0. The molecule has 2 unspecified atom stereocenters. The Bertz CT molecular complexity index is 455. The van der Waals surface area contributed by atoms with Crippen LogP contribution in [0.3, 0.4) is 0 Å². The number of rotatable bonds is 4. The molecule has 2 atom stereocenters. The number of carboxylic acids is 1. The van der Waals surface area contributed by atoms with Crippen LogP contribution in [0.2, 0.25) is 0 Å². The highest BCUT2D eigenvalue weighted by Crippen LogP contribution is 2.21. The number of ether oxygens (including phenoxy) is 1. The van der Waals surface area contributed by atoms with E-state index < -0.39 is 23.7 Å². The van der Waals surface area contributed by atoms with Gasteiger partial charge in [-0.05, 0) is 6.42 Å². The molecule has 0 saturated carbocycles. The monoisotopic (exact) mass is 255 g/mol. The third-order valence-electron chi connectivity index (χ3n) is 2.92. The molecule has 2 rings (SSSR count). The van der Waals surface area contributed by atoms with Gasteiger partial charge >= 0.3 is 5.97 Å². The van der Waals surface area contributed by atoms with Crippen molar-refractivity contribution in [1.29, 1.82) is 0 Å². The number of aromatic nitrogens is 2. The molecule has 7 heteroatoms. The predicted molar refractivity (Wildman–Crippen MR) is 60.7 cm³/mol. The van der Waals surface area contributed by atoms with Crippen molar-refractivity contribution in [3.05, 3.63) is 17.8 Å². The van der Waals surface area contributed by atoms with E-state index in [4.69, 9.17) is 9.84 Å². The van der Waals surface area contributed by atoms with Gasteiger partial charge in [-0.15, -0.1) is 0 Å². The highest BCUT2D eigenvalue weighted by atomic mass is 19.1. The van der Waals surface area contributed by atoms with Crippen LogP contribution >= 0.6 is 0 Å². The summed E-state index contributed by atoms with van der Waals surface area (Å²) in [4.78, 5) is 18.6. The van der Waals surface area contributed by atoms with Crippen LogP contribution in [0.25, 0.3) is 0 Å². The van der Waals surface area contributed by atoms with Gasteiger partial charge in [0, 0.05) is 0 Å². The van der Waals surface area contributed by atoms with E-state index >= 15 is 0 Å². The molecule has 1 aliphatic heterocycles. The van der Waals surface area contributed by atoms with Crippen LogP contribution in [0.5, 0.6) is 0 Å². The zero-order valence-electron chi connectivity index (χ0n) is 9.89. The maximum atomic E-state index is 13.9. The Hall–Kier alpha value is -1.76. The van der Waals surface area contributed by atoms with Crippen LogP contribution in [0.1, 0.15) is 12.6 Å². The Morgan fingerprint density at radius 3 is 3.06 bits per heavy atom. The van der Waals surface area contributed by atoms with E-state index in [9.17, 15) is 9.18 Å². The van der Waals surface area contributed by atoms with Gasteiger partial charge < -0.3 is 15.2 Å². The summed E-state index contributed by atoms with van der Waals surface area (Å²) in [6, 6.07) is -0.475. The van der Waals surface area contributed by atoms with Crippen molar-refractivity contribution in [2.45, 2.75) is 19.4 Å². The van der Waals surface area contributed by atoms with Gasteiger partial charge in [0.15, 0.2) is 11.6 Å². The molecule has 0 aromatic carbocycles. The molecular formula is C11H14FN3O3. The number of carbonyl (C=O) groups is 1. The van der Waals surface area contributed by atoms with E-state index in [-0.39, 0.29) is 19.0 Å². The first-order valence-corrected chi connectivity index (χ1v) is 5.70. The largest absolute Gasteiger partial charge is 0.481 e. The molecular weight excluding hydrogens is 241 g/mol. The minimum Gasteiger partial charge on any atom is -0.481 e. The molecule has 1 aromatic heterocycles. The van der Waals surface area contributed by atoms with Gasteiger partial charge in [0.2, 0.25) is 0 Å². The molecule has 0 radical (unpaired) electrons. The maximum absolute atomic E-state index is 13.9. The molecule has 18 heavy (non-hydrogen) atoms. The molecule has 98 valence electrons. The quantitative estimate of drug-likeness (QED) is 0.823. The second kappa shape index (κ2) is 5.26. The highest BCUT2D eigenvalue weighted by Gasteiger charge is 2.34. The first-order chi connectivity index (χ1) is 8.63. The number of nitrogens with one attached hydrogen (secondary N) is 1. The number of carboxylic acid groups (broad SMARTS) is 1. The Kier molecular flexibility index (Phi) is 3.71. The topological polar surface area (TPSA) is 84.3 Å². The average Bonchev–Trinajstić information content (AvgIpc) is 2.80. The maximum Gasteiger partial charge on any atom is 0.311 e. The van der Waals surface area contributed by atoms with Crippen LogP contribution < -0.4 is 5.32 Å². The summed E-state index contributed by atoms with van der Waals surface area (Å²) in [5, 5.41) is 11.8. The number of anilines is 1. The molecule has 0 amide bonds. The number of nitrogens with zero attached hydrogens (tertiary/aromatic N) is 2. The average molecular weight is 255 g/mol. The van der Waals surface area contributed by atoms with E-state index in [1.165, 1.54) is 6.33 Å². The normalized spacial score (nSPS) is 23.0. The fraction of sp³-hybridized carbons (Fsp3) is 0.545. The van der Waals surface area contributed by atoms with Crippen molar-refractivity contribution in [2.75, 3.05) is 18.5 Å². The molecule has 1 saturated heterocycles. The second-order valence-electron chi connectivity index (χ2n) is 4.07. The third kappa shape index (κ3) is 2.40. The molecule has 2 N–H and O–H groups in total. The minimum absolute atomic E-state index is 0.0311. The second-order valence-corrected chi connectivity index (χ2v) is 4.07. The van der Waals surface area contributed by atoms with Gasteiger partial charge in [-0.2, -0.15) is 0 Å². The molecule has 1 aliphatic rings. The number of halogens is 1. The van der Waals surface area contributed by atoms with Gasteiger partial charge in [-0.25, -0.2) is 14.4 Å². The zero-order valence-corrected chi connectivity index (χ0v) is 9.89. The SMILES string of the molecule is CCc1ncnc(NC2COCC2C(=O)O)c1F. The van der Waals surface area contributed by atoms with Gasteiger partial charge in [-0.1, -0.05) is 6.92 Å². The molecule has 0 aliphatic carbocycles. The number of aliphatic carboxylic acids is 1. The Morgan fingerprint density at radius 2 is 2.39 bits per heavy atom. The van der Waals surface area contributed by atoms with Crippen molar-refractivity contribution in [3.63, 3.8) is 0 Å². The van der Waals surface area contributed by atoms with E-state index in [0.29, 0.717) is 12.1 Å². The van der Waals surface area contributed by atoms with Crippen LogP contribution in [-0.4, -0.2) is 40.3 Å². The Labute approximate surface area is 103 Å². The Balaban J connectivity index is 2.16. The van der Waals surface area contributed by atoms with Crippen molar-refractivity contribution in [2.24, 2.45) is 5.92 Å². The standard InChI is InChI=1S/C11H14FN3O3/c1-2-7-9(12)10(14-5-13-7)15-8-4-18-3-6(8)11(16)17/h5-6,8H,2-4H2,1H3,(H,16,17)(H,13,14,15). The smallest absolute Gasteiger partial charge is 0.311 e. The fourth-order valence-corrected chi connectivity index (χ4v) is 1.87. The molecule has 2 heterocycles. The van der Waals surface area contributed by atoms with Crippen LogP contribution in [0.15, 0.2) is 6.33 Å². The lowest BCUT2D eigenvalue weighted by Crippen LogP contribution is -2.34. The van der Waals surface area contributed by atoms with Crippen LogP contribution in [0, 0.1) is 11.7 Å². The van der Waals surface area contributed by atoms with Crippen molar-refractivity contribution in [1.82, 2.24) is 9.97 Å². The lowest BCUT2D eigenvalue weighted by molar-refractivity contribution is -0.141. The lowest BCUT2D eigenvalue weighted by Gasteiger charge is -2.16. The summed E-state index contributed by atoms with van der Waals surface area (Å²) in [6.45, 7) is 2.14. The molecule has 1 fully saturated rings. The number of hydrogen-bond donors (Lipinski definition) is 2. The Morgan fingerprint density at radius 1 is 1.61 bits per heavy atom. The van der Waals surface area contributed by atoms with Gasteiger partial charge in [0.05, 0.1) is 24.9 Å². The summed E-state index contributed by atoms with van der Waals surface area (Å²) in [6.07, 6.45) is 1.71. The number of hydrogen-bond acceptors (Lipinski definition) is 5. The third-order valence-corrected chi connectivity index (χ3v) is 2.92. The lowest BCUT2D eigenvalue weighted by atomic mass is 10.0. The molecule has 0 bridgehead atoms. The molecule has 6 nitrogen and oxygen atoms in total. The van der Waals surface area contributed by atoms with E-state index in [1.54, 1.807) is 6.92 Å². The first-order valence-electron chi connectivity index (χ1n) is 5.70.